The summed E-state index contributed by atoms with van der Waals surface area (Å²) in [5.74, 6) is -0.529. The molecule has 7 heteroatoms. The van der Waals surface area contributed by atoms with Crippen molar-refractivity contribution in [2.24, 2.45) is 5.73 Å². The van der Waals surface area contributed by atoms with Crippen molar-refractivity contribution in [1.29, 1.82) is 0 Å². The highest BCUT2D eigenvalue weighted by Crippen LogP contribution is 2.24. The van der Waals surface area contributed by atoms with Crippen LogP contribution < -0.4 is 16.4 Å². The fourth-order valence-corrected chi connectivity index (χ4v) is 1.81. The topological polar surface area (TPSA) is 93.5 Å². The first-order valence-electron chi connectivity index (χ1n) is 7.17. The lowest BCUT2D eigenvalue weighted by Gasteiger charge is -2.13. The molecule has 0 fully saturated rings. The maximum atomic E-state index is 11.8. The van der Waals surface area contributed by atoms with Gasteiger partial charge in [0.2, 0.25) is 5.91 Å². The van der Waals surface area contributed by atoms with Crippen LogP contribution in [-0.2, 0) is 9.53 Å². The number of halogens is 1. The fourth-order valence-electron chi connectivity index (χ4n) is 1.81. The number of nitrogens with two attached hydrogens (primary N) is 1. The summed E-state index contributed by atoms with van der Waals surface area (Å²) in [5.41, 5.74) is 7.14. The van der Waals surface area contributed by atoms with Crippen LogP contribution in [0.5, 0.6) is 0 Å². The van der Waals surface area contributed by atoms with Crippen molar-refractivity contribution in [3.05, 3.63) is 23.8 Å². The van der Waals surface area contributed by atoms with Gasteiger partial charge >= 0.3 is 5.97 Å². The van der Waals surface area contributed by atoms with Crippen LogP contribution in [0.4, 0.5) is 11.4 Å². The van der Waals surface area contributed by atoms with Gasteiger partial charge in [0, 0.05) is 13.0 Å². The largest absolute Gasteiger partial charge is 0.462 e. The Morgan fingerprint density at radius 3 is 2.55 bits per heavy atom. The number of hydrogen-bond acceptors (Lipinski definition) is 5. The maximum absolute atomic E-state index is 11.8. The van der Waals surface area contributed by atoms with E-state index in [2.05, 4.69) is 10.6 Å². The number of amides is 1. The second-order valence-electron chi connectivity index (χ2n) is 4.45. The molecule has 0 atom stereocenters. The maximum Gasteiger partial charge on any atom is 0.338 e. The molecule has 0 saturated heterocycles. The van der Waals surface area contributed by atoms with E-state index in [-0.39, 0.29) is 18.3 Å². The Morgan fingerprint density at radius 1 is 1.23 bits per heavy atom. The Hall–Kier alpha value is -1.79. The first-order chi connectivity index (χ1) is 10.1. The predicted molar refractivity (Wildman–Crippen MR) is 90.7 cm³/mol. The van der Waals surface area contributed by atoms with Crippen molar-refractivity contribution in [3.8, 4) is 0 Å². The normalized spacial score (nSPS) is 9.59. The number of rotatable bonds is 8. The van der Waals surface area contributed by atoms with Gasteiger partial charge in [-0.15, -0.1) is 12.4 Å². The number of carbonyl (C=O) groups excluding carboxylic acids is 2. The van der Waals surface area contributed by atoms with Gasteiger partial charge < -0.3 is 21.1 Å². The minimum atomic E-state index is -0.405. The summed E-state index contributed by atoms with van der Waals surface area (Å²) in [5, 5.41) is 5.95. The number of esters is 1. The second kappa shape index (κ2) is 10.9. The van der Waals surface area contributed by atoms with Crippen molar-refractivity contribution in [2.75, 3.05) is 30.3 Å². The van der Waals surface area contributed by atoms with Crippen LogP contribution in [0.25, 0.3) is 0 Å². The summed E-state index contributed by atoms with van der Waals surface area (Å²) >= 11 is 0. The van der Waals surface area contributed by atoms with Crippen LogP contribution in [0.15, 0.2) is 18.2 Å². The summed E-state index contributed by atoms with van der Waals surface area (Å²) in [6.45, 7) is 5.20. The molecular weight excluding hydrogens is 306 g/mol. The van der Waals surface area contributed by atoms with E-state index in [0.29, 0.717) is 43.8 Å². The van der Waals surface area contributed by atoms with Gasteiger partial charge in [0.15, 0.2) is 0 Å². The number of ether oxygens (including phenoxy) is 1. The average Bonchev–Trinajstić information content (AvgIpc) is 2.47. The van der Waals surface area contributed by atoms with Gasteiger partial charge in [0.1, 0.15) is 0 Å². The number of nitrogens with one attached hydrogen (secondary N) is 2. The summed E-state index contributed by atoms with van der Waals surface area (Å²) < 4.78 is 4.96. The van der Waals surface area contributed by atoms with Gasteiger partial charge in [-0.05, 0) is 45.0 Å². The highest BCUT2D eigenvalue weighted by atomic mass is 35.5. The van der Waals surface area contributed by atoms with E-state index in [1.165, 1.54) is 0 Å². The second-order valence-corrected chi connectivity index (χ2v) is 4.45. The summed E-state index contributed by atoms with van der Waals surface area (Å²) in [7, 11) is 0. The lowest BCUT2D eigenvalue weighted by Crippen LogP contribution is -2.16. The molecule has 1 amide bonds. The molecule has 1 rings (SSSR count). The molecule has 6 nitrogen and oxygen atoms in total. The molecule has 0 bridgehead atoms. The van der Waals surface area contributed by atoms with Crippen molar-refractivity contribution in [1.82, 2.24) is 0 Å². The molecule has 22 heavy (non-hydrogen) atoms. The van der Waals surface area contributed by atoms with Gasteiger partial charge in [0.05, 0.1) is 23.5 Å². The Bertz CT molecular complexity index is 495. The molecule has 0 aliphatic heterocycles. The zero-order chi connectivity index (χ0) is 15.7. The third kappa shape index (κ3) is 6.32. The van der Waals surface area contributed by atoms with Gasteiger partial charge in [-0.3, -0.25) is 4.79 Å². The quantitative estimate of drug-likeness (QED) is 0.637. The Labute approximate surface area is 137 Å². The fraction of sp³-hybridized carbons (Fsp3) is 0.467. The lowest BCUT2D eigenvalue weighted by atomic mass is 10.1. The molecule has 1 aromatic carbocycles. The van der Waals surface area contributed by atoms with Crippen molar-refractivity contribution < 1.29 is 14.3 Å². The first-order valence-corrected chi connectivity index (χ1v) is 7.17. The smallest absolute Gasteiger partial charge is 0.338 e. The van der Waals surface area contributed by atoms with Crippen molar-refractivity contribution in [3.63, 3.8) is 0 Å². The third-order valence-electron chi connectivity index (χ3n) is 2.78. The monoisotopic (exact) mass is 329 g/mol. The molecule has 0 heterocycles. The summed E-state index contributed by atoms with van der Waals surface area (Å²) in [6, 6.07) is 5.05. The van der Waals surface area contributed by atoms with Crippen LogP contribution in [0, 0.1) is 0 Å². The van der Waals surface area contributed by atoms with Crippen LogP contribution in [0.2, 0.25) is 0 Å². The molecule has 1 aromatic rings. The zero-order valence-corrected chi connectivity index (χ0v) is 13.8. The number of benzene rings is 1. The van der Waals surface area contributed by atoms with Crippen LogP contribution in [0.3, 0.4) is 0 Å². The predicted octanol–water partition coefficient (Wildman–Crippen LogP) is 2.39. The number of anilines is 2. The minimum absolute atomic E-state index is 0. The third-order valence-corrected chi connectivity index (χ3v) is 2.78. The van der Waals surface area contributed by atoms with Crippen LogP contribution >= 0.6 is 12.4 Å². The summed E-state index contributed by atoms with van der Waals surface area (Å²) in [4.78, 5) is 23.6. The summed E-state index contributed by atoms with van der Waals surface area (Å²) in [6.07, 6.45) is 0.978. The molecule has 4 N–H and O–H groups in total. The molecule has 0 saturated carbocycles. The van der Waals surface area contributed by atoms with E-state index >= 15 is 0 Å². The highest BCUT2D eigenvalue weighted by molar-refractivity contribution is 5.98. The first kappa shape index (κ1) is 20.2. The van der Waals surface area contributed by atoms with Crippen molar-refractivity contribution >= 4 is 35.7 Å². The number of hydrogen-bond donors (Lipinski definition) is 3. The molecule has 0 unspecified atom stereocenters. The van der Waals surface area contributed by atoms with Gasteiger partial charge in [-0.1, -0.05) is 0 Å². The minimum Gasteiger partial charge on any atom is -0.462 e. The Balaban J connectivity index is 0.00000441. The van der Waals surface area contributed by atoms with E-state index in [0.717, 1.165) is 5.69 Å². The zero-order valence-electron chi connectivity index (χ0n) is 13.0. The standard InChI is InChI=1S/C15H23N3O3.ClH/c1-3-17-12-8-7-11(15(20)21-4-2)10-13(12)18-14(19)6-5-9-16;/h7-8,10,17H,3-6,9,16H2,1-2H3,(H,18,19);1H. The van der Waals surface area contributed by atoms with Crippen LogP contribution in [0.1, 0.15) is 37.0 Å². The molecule has 0 aliphatic carbocycles. The van der Waals surface area contributed by atoms with Crippen LogP contribution in [-0.4, -0.2) is 31.6 Å². The Morgan fingerprint density at radius 2 is 1.95 bits per heavy atom. The van der Waals surface area contributed by atoms with E-state index in [1.54, 1.807) is 25.1 Å². The molecule has 0 spiro atoms. The van der Waals surface area contributed by atoms with E-state index in [1.807, 2.05) is 6.92 Å². The molecule has 0 aliphatic rings. The average molecular weight is 330 g/mol. The van der Waals surface area contributed by atoms with Gasteiger partial charge in [-0.2, -0.15) is 0 Å². The molecule has 0 aromatic heterocycles. The SMILES string of the molecule is CCNc1ccc(C(=O)OCC)cc1NC(=O)CCCN.Cl. The molecule has 124 valence electrons. The lowest BCUT2D eigenvalue weighted by molar-refractivity contribution is -0.116. The Kier molecular flexibility index (Phi) is 9.98. The van der Waals surface area contributed by atoms with Crippen molar-refractivity contribution in [2.45, 2.75) is 26.7 Å². The van der Waals surface area contributed by atoms with E-state index in [9.17, 15) is 9.59 Å². The van der Waals surface area contributed by atoms with Gasteiger partial charge in [-0.25, -0.2) is 4.79 Å². The number of carbonyl (C=O) groups is 2. The van der Waals surface area contributed by atoms with E-state index < -0.39 is 5.97 Å². The molecular formula is C15H24ClN3O3. The van der Waals surface area contributed by atoms with E-state index in [4.69, 9.17) is 10.5 Å². The van der Waals surface area contributed by atoms with Gasteiger partial charge in [0.25, 0.3) is 0 Å². The molecule has 0 radical (unpaired) electrons. The highest BCUT2D eigenvalue weighted by Gasteiger charge is 2.12.